The van der Waals surface area contributed by atoms with Gasteiger partial charge in [-0.05, 0) is 18.4 Å². The number of aliphatic carboxylic acids is 1. The fourth-order valence-corrected chi connectivity index (χ4v) is 1.57. The van der Waals surface area contributed by atoms with Gasteiger partial charge in [0.2, 0.25) is 0 Å². The van der Waals surface area contributed by atoms with E-state index in [-0.39, 0.29) is 12.2 Å². The molecule has 0 heterocycles. The molecule has 1 fully saturated rings. The molecule has 0 spiro atoms. The van der Waals surface area contributed by atoms with Crippen LogP contribution in [0.25, 0.3) is 0 Å². The monoisotopic (exact) mass is 192 g/mol. The first kappa shape index (κ1) is 9.21. The zero-order valence-electron chi connectivity index (χ0n) is 7.77. The lowest BCUT2D eigenvalue weighted by Gasteiger charge is -2.15. The van der Waals surface area contributed by atoms with Crippen LogP contribution in [0.3, 0.4) is 0 Å². The van der Waals surface area contributed by atoms with Crippen molar-refractivity contribution in [1.29, 1.82) is 0 Å². The van der Waals surface area contributed by atoms with Gasteiger partial charge in [0.05, 0.1) is 5.60 Å². The van der Waals surface area contributed by atoms with Gasteiger partial charge in [-0.25, -0.2) is 4.79 Å². The number of benzene rings is 1. The number of hydrogen-bond donors (Lipinski definition) is 1. The van der Waals surface area contributed by atoms with Gasteiger partial charge in [0.25, 0.3) is 0 Å². The summed E-state index contributed by atoms with van der Waals surface area (Å²) in [6, 6.07) is 9.79. The molecule has 3 nitrogen and oxygen atoms in total. The minimum atomic E-state index is -0.910. The number of hydrogen-bond acceptors (Lipinski definition) is 2. The van der Waals surface area contributed by atoms with E-state index < -0.39 is 5.97 Å². The minimum Gasteiger partial charge on any atom is -0.480 e. The Hall–Kier alpha value is -1.35. The smallest absolute Gasteiger partial charge is 0.329 e. The summed E-state index contributed by atoms with van der Waals surface area (Å²) in [5, 5.41) is 8.53. The Labute approximate surface area is 82.3 Å². The molecule has 3 heteroatoms. The van der Waals surface area contributed by atoms with Crippen molar-refractivity contribution in [1.82, 2.24) is 0 Å². The Morgan fingerprint density at radius 2 is 2.00 bits per heavy atom. The molecule has 0 saturated heterocycles. The quantitative estimate of drug-likeness (QED) is 0.790. The van der Waals surface area contributed by atoms with Gasteiger partial charge in [0, 0.05) is 0 Å². The average molecular weight is 192 g/mol. The number of carbonyl (C=O) groups is 1. The van der Waals surface area contributed by atoms with Crippen LogP contribution in [0.4, 0.5) is 0 Å². The summed E-state index contributed by atoms with van der Waals surface area (Å²) < 4.78 is 5.39. The van der Waals surface area contributed by atoms with Crippen LogP contribution in [0.5, 0.6) is 0 Å². The predicted molar refractivity (Wildman–Crippen MR) is 50.9 cm³/mol. The van der Waals surface area contributed by atoms with Crippen molar-refractivity contribution in [2.75, 3.05) is 6.61 Å². The topological polar surface area (TPSA) is 46.5 Å². The van der Waals surface area contributed by atoms with Crippen LogP contribution in [0.2, 0.25) is 0 Å². The van der Waals surface area contributed by atoms with Crippen molar-refractivity contribution in [2.45, 2.75) is 18.4 Å². The zero-order chi connectivity index (χ0) is 10.0. The van der Waals surface area contributed by atoms with Gasteiger partial charge >= 0.3 is 5.97 Å². The van der Waals surface area contributed by atoms with Crippen LogP contribution in [-0.2, 0) is 15.1 Å². The SMILES string of the molecule is O=C(O)COC1(c2ccccc2)CC1. The first-order chi connectivity index (χ1) is 6.73. The van der Waals surface area contributed by atoms with E-state index in [9.17, 15) is 4.79 Å². The minimum absolute atomic E-state index is 0.213. The maximum atomic E-state index is 10.4. The highest BCUT2D eigenvalue weighted by atomic mass is 16.5. The molecule has 2 rings (SSSR count). The van der Waals surface area contributed by atoms with Crippen LogP contribution in [0.15, 0.2) is 30.3 Å². The Morgan fingerprint density at radius 3 is 2.50 bits per heavy atom. The van der Waals surface area contributed by atoms with Crippen LogP contribution >= 0.6 is 0 Å². The highest BCUT2D eigenvalue weighted by Gasteiger charge is 2.45. The molecule has 0 aromatic heterocycles. The molecular weight excluding hydrogens is 180 g/mol. The van der Waals surface area contributed by atoms with Crippen LogP contribution in [0.1, 0.15) is 18.4 Å². The average Bonchev–Trinajstić information content (AvgIpc) is 2.97. The van der Waals surface area contributed by atoms with E-state index >= 15 is 0 Å². The standard InChI is InChI=1S/C11H12O3/c12-10(13)8-14-11(6-7-11)9-4-2-1-3-5-9/h1-5H,6-8H2,(H,12,13). The lowest BCUT2D eigenvalue weighted by atomic mass is 10.1. The molecule has 0 unspecified atom stereocenters. The number of rotatable bonds is 4. The van der Waals surface area contributed by atoms with E-state index in [1.54, 1.807) is 0 Å². The van der Waals surface area contributed by atoms with E-state index in [2.05, 4.69) is 0 Å². The van der Waals surface area contributed by atoms with Crippen LogP contribution in [0, 0.1) is 0 Å². The molecular formula is C11H12O3. The lowest BCUT2D eigenvalue weighted by molar-refractivity contribution is -0.145. The van der Waals surface area contributed by atoms with Crippen molar-refractivity contribution < 1.29 is 14.6 Å². The van der Waals surface area contributed by atoms with Crippen molar-refractivity contribution in [3.05, 3.63) is 35.9 Å². The molecule has 0 amide bonds. The first-order valence-corrected chi connectivity index (χ1v) is 4.64. The first-order valence-electron chi connectivity index (χ1n) is 4.64. The highest BCUT2D eigenvalue weighted by molar-refractivity contribution is 5.68. The molecule has 1 N–H and O–H groups in total. The van der Waals surface area contributed by atoms with Crippen LogP contribution in [-0.4, -0.2) is 17.7 Å². The summed E-state index contributed by atoms with van der Waals surface area (Å²) >= 11 is 0. The molecule has 1 aliphatic rings. The molecule has 0 atom stereocenters. The van der Waals surface area contributed by atoms with Gasteiger partial charge in [-0.2, -0.15) is 0 Å². The Morgan fingerprint density at radius 1 is 1.36 bits per heavy atom. The van der Waals surface area contributed by atoms with E-state index in [1.807, 2.05) is 30.3 Å². The number of carboxylic acids is 1. The zero-order valence-corrected chi connectivity index (χ0v) is 7.77. The third-order valence-electron chi connectivity index (χ3n) is 2.48. The Kier molecular flexibility index (Phi) is 2.25. The van der Waals surface area contributed by atoms with Crippen molar-refractivity contribution >= 4 is 5.97 Å². The summed E-state index contributed by atoms with van der Waals surface area (Å²) in [6.45, 7) is -0.213. The van der Waals surface area contributed by atoms with Gasteiger partial charge in [0.15, 0.2) is 0 Å². The molecule has 1 aromatic carbocycles. The summed E-state index contributed by atoms with van der Waals surface area (Å²) in [7, 11) is 0. The molecule has 0 aliphatic heterocycles. The van der Waals surface area contributed by atoms with Crippen LogP contribution < -0.4 is 0 Å². The fourth-order valence-electron chi connectivity index (χ4n) is 1.57. The molecule has 14 heavy (non-hydrogen) atoms. The van der Waals surface area contributed by atoms with E-state index in [0.717, 1.165) is 18.4 Å². The molecule has 0 radical (unpaired) electrons. The van der Waals surface area contributed by atoms with Gasteiger partial charge in [-0.1, -0.05) is 30.3 Å². The second-order valence-corrected chi connectivity index (χ2v) is 3.54. The van der Waals surface area contributed by atoms with Crippen molar-refractivity contribution in [3.63, 3.8) is 0 Å². The summed E-state index contributed by atoms with van der Waals surface area (Å²) in [5.41, 5.74) is 0.779. The summed E-state index contributed by atoms with van der Waals surface area (Å²) in [6.07, 6.45) is 1.84. The molecule has 1 aromatic rings. The van der Waals surface area contributed by atoms with Gasteiger partial charge in [-0.15, -0.1) is 0 Å². The number of ether oxygens (including phenoxy) is 1. The Balaban J connectivity index is 2.06. The van der Waals surface area contributed by atoms with E-state index in [1.165, 1.54) is 0 Å². The maximum Gasteiger partial charge on any atom is 0.329 e. The van der Waals surface area contributed by atoms with Crippen molar-refractivity contribution in [2.24, 2.45) is 0 Å². The normalized spacial score (nSPS) is 17.7. The van der Waals surface area contributed by atoms with E-state index in [0.29, 0.717) is 0 Å². The Bertz CT molecular complexity index is 328. The molecule has 0 bridgehead atoms. The van der Waals surface area contributed by atoms with Gasteiger partial charge in [-0.3, -0.25) is 0 Å². The van der Waals surface area contributed by atoms with E-state index in [4.69, 9.17) is 9.84 Å². The largest absolute Gasteiger partial charge is 0.480 e. The summed E-state index contributed by atoms with van der Waals surface area (Å²) in [5.74, 6) is -0.910. The third kappa shape index (κ3) is 1.77. The van der Waals surface area contributed by atoms with Crippen molar-refractivity contribution in [3.8, 4) is 0 Å². The third-order valence-corrected chi connectivity index (χ3v) is 2.48. The highest BCUT2D eigenvalue weighted by Crippen LogP contribution is 2.48. The second-order valence-electron chi connectivity index (χ2n) is 3.54. The summed E-state index contributed by atoms with van der Waals surface area (Å²) in [4.78, 5) is 10.4. The van der Waals surface area contributed by atoms with Gasteiger partial charge in [0.1, 0.15) is 6.61 Å². The van der Waals surface area contributed by atoms with Gasteiger partial charge < -0.3 is 9.84 Å². The molecule has 1 saturated carbocycles. The molecule has 74 valence electrons. The maximum absolute atomic E-state index is 10.4. The fraction of sp³-hybridized carbons (Fsp3) is 0.364. The number of carboxylic acid groups (broad SMARTS) is 1. The second kappa shape index (κ2) is 3.42. The lowest BCUT2D eigenvalue weighted by Crippen LogP contribution is -2.17. The molecule has 1 aliphatic carbocycles. The predicted octanol–water partition coefficient (Wildman–Crippen LogP) is 1.78.